The minimum absolute atomic E-state index is 0.263. The second-order valence-electron chi connectivity index (χ2n) is 4.25. The first-order valence-corrected chi connectivity index (χ1v) is 6.31. The highest BCUT2D eigenvalue weighted by molar-refractivity contribution is 6.30. The number of oxazole rings is 1. The zero-order valence-electron chi connectivity index (χ0n) is 10.6. The highest BCUT2D eigenvalue weighted by Crippen LogP contribution is 2.28. The summed E-state index contributed by atoms with van der Waals surface area (Å²) in [4.78, 5) is 15.4. The van der Waals surface area contributed by atoms with E-state index >= 15 is 0 Å². The molecule has 0 saturated carbocycles. The van der Waals surface area contributed by atoms with Gasteiger partial charge in [-0.15, -0.1) is 0 Å². The van der Waals surface area contributed by atoms with E-state index in [9.17, 15) is 4.79 Å². The molecule has 0 atom stereocenters. The van der Waals surface area contributed by atoms with Crippen molar-refractivity contribution in [2.45, 2.75) is 6.92 Å². The van der Waals surface area contributed by atoms with Crippen molar-refractivity contribution in [3.05, 3.63) is 57.5 Å². The number of aromatic amines is 1. The number of nitrogens with one attached hydrogen (secondary N) is 1. The van der Waals surface area contributed by atoms with Crippen molar-refractivity contribution >= 4 is 11.6 Å². The van der Waals surface area contributed by atoms with Crippen molar-refractivity contribution in [1.82, 2.24) is 15.2 Å². The monoisotopic (exact) mass is 287 g/mol. The highest BCUT2D eigenvalue weighted by Gasteiger charge is 2.14. The summed E-state index contributed by atoms with van der Waals surface area (Å²) in [7, 11) is 0. The molecule has 0 amide bonds. The fourth-order valence-electron chi connectivity index (χ4n) is 1.85. The second kappa shape index (κ2) is 4.94. The molecule has 0 aliphatic heterocycles. The minimum atomic E-state index is -0.263. The van der Waals surface area contributed by atoms with Crippen LogP contribution >= 0.6 is 11.6 Å². The van der Waals surface area contributed by atoms with Crippen molar-refractivity contribution < 1.29 is 4.42 Å². The zero-order valence-corrected chi connectivity index (χ0v) is 11.3. The van der Waals surface area contributed by atoms with Crippen molar-refractivity contribution in [2.24, 2.45) is 0 Å². The summed E-state index contributed by atoms with van der Waals surface area (Å²) < 4.78 is 5.73. The molecule has 3 rings (SSSR count). The number of benzene rings is 1. The van der Waals surface area contributed by atoms with E-state index in [2.05, 4.69) is 15.2 Å². The lowest BCUT2D eigenvalue weighted by molar-refractivity contribution is 0.584. The Kier molecular flexibility index (Phi) is 3.12. The molecule has 0 aliphatic rings. The van der Waals surface area contributed by atoms with Crippen LogP contribution in [0.15, 0.2) is 45.6 Å². The van der Waals surface area contributed by atoms with E-state index in [0.717, 1.165) is 5.56 Å². The summed E-state index contributed by atoms with van der Waals surface area (Å²) >= 11 is 5.95. The Balaban J connectivity index is 2.07. The minimum Gasteiger partial charge on any atom is -0.434 e. The molecule has 0 unspecified atom stereocenters. The number of hydrogen-bond donors (Lipinski definition) is 1. The van der Waals surface area contributed by atoms with Gasteiger partial charge in [-0.05, 0) is 31.2 Å². The highest BCUT2D eigenvalue weighted by atomic mass is 35.5. The van der Waals surface area contributed by atoms with E-state index in [0.29, 0.717) is 28.1 Å². The van der Waals surface area contributed by atoms with Gasteiger partial charge in [0.15, 0.2) is 5.76 Å². The van der Waals surface area contributed by atoms with Crippen LogP contribution in [0.4, 0.5) is 0 Å². The first-order valence-electron chi connectivity index (χ1n) is 5.93. The van der Waals surface area contributed by atoms with E-state index in [1.807, 2.05) is 19.1 Å². The molecule has 2 heterocycles. The van der Waals surface area contributed by atoms with Crippen LogP contribution in [0.2, 0.25) is 5.02 Å². The van der Waals surface area contributed by atoms with Gasteiger partial charge in [0.05, 0.1) is 5.69 Å². The lowest BCUT2D eigenvalue weighted by Crippen LogP contribution is -2.05. The maximum atomic E-state index is 11.0. The van der Waals surface area contributed by atoms with Crippen LogP contribution in [0.3, 0.4) is 0 Å². The topological polar surface area (TPSA) is 71.8 Å². The number of halogens is 1. The lowest BCUT2D eigenvalue weighted by atomic mass is 10.2. The van der Waals surface area contributed by atoms with Crippen molar-refractivity contribution in [2.75, 3.05) is 0 Å². The van der Waals surface area contributed by atoms with Crippen LogP contribution in [0, 0.1) is 6.92 Å². The van der Waals surface area contributed by atoms with Gasteiger partial charge in [0.1, 0.15) is 5.69 Å². The third kappa shape index (κ3) is 2.35. The average Bonchev–Trinajstić information content (AvgIpc) is 2.82. The Labute approximate surface area is 119 Å². The van der Waals surface area contributed by atoms with Gasteiger partial charge >= 0.3 is 0 Å². The fourth-order valence-corrected chi connectivity index (χ4v) is 2.04. The maximum absolute atomic E-state index is 11.0. The number of nitrogens with zero attached hydrogens (tertiary/aromatic N) is 2. The van der Waals surface area contributed by atoms with Crippen LogP contribution in [-0.4, -0.2) is 15.2 Å². The second-order valence-corrected chi connectivity index (χ2v) is 4.69. The Morgan fingerprint density at radius 2 is 2.10 bits per heavy atom. The molecule has 0 saturated heterocycles. The lowest BCUT2D eigenvalue weighted by Gasteiger charge is -1.96. The van der Waals surface area contributed by atoms with Gasteiger partial charge < -0.3 is 4.42 Å². The molecule has 100 valence electrons. The summed E-state index contributed by atoms with van der Waals surface area (Å²) in [5, 5.41) is 6.92. The molecule has 5 nitrogen and oxygen atoms in total. The third-order valence-electron chi connectivity index (χ3n) is 2.78. The summed E-state index contributed by atoms with van der Waals surface area (Å²) in [6.07, 6.45) is 0. The Morgan fingerprint density at radius 3 is 2.80 bits per heavy atom. The summed E-state index contributed by atoms with van der Waals surface area (Å²) in [5.74, 6) is 0.990. The van der Waals surface area contributed by atoms with E-state index in [-0.39, 0.29) is 5.56 Å². The Morgan fingerprint density at radius 1 is 1.25 bits per heavy atom. The van der Waals surface area contributed by atoms with Crippen molar-refractivity contribution in [1.29, 1.82) is 0 Å². The average molecular weight is 288 g/mol. The van der Waals surface area contributed by atoms with E-state index in [1.54, 1.807) is 18.2 Å². The third-order valence-corrected chi connectivity index (χ3v) is 3.02. The molecule has 0 radical (unpaired) electrons. The van der Waals surface area contributed by atoms with E-state index in [1.165, 1.54) is 6.07 Å². The van der Waals surface area contributed by atoms with Crippen LogP contribution in [0.25, 0.3) is 22.9 Å². The van der Waals surface area contributed by atoms with Crippen molar-refractivity contribution in [3.63, 3.8) is 0 Å². The smallest absolute Gasteiger partial charge is 0.264 e. The van der Waals surface area contributed by atoms with Gasteiger partial charge in [-0.1, -0.05) is 17.7 Å². The number of H-pyrrole nitrogens is 1. The van der Waals surface area contributed by atoms with Gasteiger partial charge in [-0.25, -0.2) is 10.1 Å². The van der Waals surface area contributed by atoms with Gasteiger partial charge in [0, 0.05) is 16.7 Å². The molecular weight excluding hydrogens is 278 g/mol. The quantitative estimate of drug-likeness (QED) is 0.786. The standard InChI is InChI=1S/C14H10ClN3O2/c1-8-13(11-5-6-12(19)18-17-11)20-14(16-8)9-3-2-4-10(15)7-9/h2-7H,1H3,(H,18,19). The van der Waals surface area contributed by atoms with Crippen molar-refractivity contribution in [3.8, 4) is 22.9 Å². The van der Waals surface area contributed by atoms with Crippen LogP contribution in [-0.2, 0) is 0 Å². The summed E-state index contributed by atoms with van der Waals surface area (Å²) in [6.45, 7) is 1.82. The molecule has 1 N–H and O–H groups in total. The fraction of sp³-hybridized carbons (Fsp3) is 0.0714. The van der Waals surface area contributed by atoms with Gasteiger partial charge in [0.2, 0.25) is 5.89 Å². The van der Waals surface area contributed by atoms with E-state index < -0.39 is 0 Å². The molecule has 1 aromatic carbocycles. The van der Waals surface area contributed by atoms with Crippen LogP contribution in [0.5, 0.6) is 0 Å². The Hall–Kier alpha value is -2.40. The summed E-state index contributed by atoms with van der Waals surface area (Å²) in [6, 6.07) is 10.2. The molecule has 2 aromatic heterocycles. The van der Waals surface area contributed by atoms with Gasteiger partial charge in [0.25, 0.3) is 5.56 Å². The van der Waals surface area contributed by atoms with Crippen LogP contribution in [0.1, 0.15) is 5.69 Å². The number of aromatic nitrogens is 3. The largest absolute Gasteiger partial charge is 0.434 e. The zero-order chi connectivity index (χ0) is 14.1. The number of aryl methyl sites for hydroxylation is 1. The predicted molar refractivity (Wildman–Crippen MR) is 75.5 cm³/mol. The first kappa shape index (κ1) is 12.6. The summed E-state index contributed by atoms with van der Waals surface area (Å²) in [5.41, 5.74) is 1.75. The normalized spacial score (nSPS) is 10.7. The molecule has 0 spiro atoms. The molecule has 6 heteroatoms. The molecule has 0 aliphatic carbocycles. The molecule has 0 bridgehead atoms. The SMILES string of the molecule is Cc1nc(-c2cccc(Cl)c2)oc1-c1ccc(=O)[nH]n1. The van der Waals surface area contributed by atoms with Gasteiger partial charge in [-0.2, -0.15) is 5.10 Å². The van der Waals surface area contributed by atoms with Gasteiger partial charge in [-0.3, -0.25) is 4.79 Å². The maximum Gasteiger partial charge on any atom is 0.264 e. The molecule has 0 fully saturated rings. The number of rotatable bonds is 2. The molecule has 3 aromatic rings. The molecular formula is C14H10ClN3O2. The first-order chi connectivity index (χ1) is 9.63. The van der Waals surface area contributed by atoms with E-state index in [4.69, 9.17) is 16.0 Å². The number of hydrogen-bond acceptors (Lipinski definition) is 4. The van der Waals surface area contributed by atoms with Crippen LogP contribution < -0.4 is 5.56 Å². The molecule has 20 heavy (non-hydrogen) atoms. The predicted octanol–water partition coefficient (Wildman–Crippen LogP) is 3.05. The Bertz CT molecular complexity index is 803.